The summed E-state index contributed by atoms with van der Waals surface area (Å²) >= 11 is 0. The van der Waals surface area contributed by atoms with Crippen LogP contribution in [0.2, 0.25) is 0 Å². The number of nitrogens with zero attached hydrogens (tertiary/aromatic N) is 1. The third-order valence-electron chi connectivity index (χ3n) is 5.36. The van der Waals surface area contributed by atoms with E-state index in [9.17, 15) is 0 Å². The first kappa shape index (κ1) is 18.0. The van der Waals surface area contributed by atoms with Gasteiger partial charge in [0.1, 0.15) is 0 Å². The smallest absolute Gasteiger partial charge is 0.0246 e. The largest absolute Gasteiger partial charge is 0.313 e. The quantitative estimate of drug-likeness (QED) is 0.708. The Kier molecular flexibility index (Phi) is 7.53. The third kappa shape index (κ3) is 5.04. The van der Waals surface area contributed by atoms with Gasteiger partial charge < -0.3 is 5.32 Å². The van der Waals surface area contributed by atoms with Crippen LogP contribution in [-0.2, 0) is 0 Å². The lowest BCUT2D eigenvalue weighted by molar-refractivity contribution is 0.0738. The number of rotatable bonds is 8. The van der Waals surface area contributed by atoms with Gasteiger partial charge in [-0.25, -0.2) is 0 Å². The summed E-state index contributed by atoms with van der Waals surface area (Å²) in [4.78, 5) is 2.71. The van der Waals surface area contributed by atoms with E-state index in [0.717, 1.165) is 12.6 Å². The molecule has 2 unspecified atom stereocenters. The molecular weight excluding hydrogens is 244 g/mol. The molecule has 0 radical (unpaired) electrons. The molecule has 0 saturated heterocycles. The summed E-state index contributed by atoms with van der Waals surface area (Å²) in [6.07, 6.45) is 9.37. The first-order valence-corrected chi connectivity index (χ1v) is 8.90. The van der Waals surface area contributed by atoms with Crippen molar-refractivity contribution in [1.29, 1.82) is 0 Å². The van der Waals surface area contributed by atoms with Crippen LogP contribution in [0, 0.1) is 5.41 Å². The lowest BCUT2D eigenvalue weighted by Gasteiger charge is -2.44. The van der Waals surface area contributed by atoms with Gasteiger partial charge in [0.2, 0.25) is 0 Å². The third-order valence-corrected chi connectivity index (χ3v) is 5.36. The molecule has 0 spiro atoms. The van der Waals surface area contributed by atoms with Gasteiger partial charge in [0.05, 0.1) is 0 Å². The van der Waals surface area contributed by atoms with Gasteiger partial charge in [-0.15, -0.1) is 0 Å². The van der Waals surface area contributed by atoms with Gasteiger partial charge in [-0.05, 0) is 57.5 Å². The van der Waals surface area contributed by atoms with Crippen LogP contribution in [0.15, 0.2) is 0 Å². The van der Waals surface area contributed by atoms with Crippen LogP contribution in [0.5, 0.6) is 0 Å². The van der Waals surface area contributed by atoms with Gasteiger partial charge in [0, 0.05) is 18.1 Å². The summed E-state index contributed by atoms with van der Waals surface area (Å²) in [6.45, 7) is 12.8. The molecule has 1 saturated carbocycles. The van der Waals surface area contributed by atoms with Crippen molar-refractivity contribution in [3.05, 3.63) is 0 Å². The Labute approximate surface area is 127 Å². The predicted molar refractivity (Wildman–Crippen MR) is 90.3 cm³/mol. The lowest BCUT2D eigenvalue weighted by atomic mass is 9.75. The number of likely N-dealkylation sites (N-methyl/N-ethyl adjacent to an activating group) is 2. The summed E-state index contributed by atoms with van der Waals surface area (Å²) in [5.74, 6) is 0. The van der Waals surface area contributed by atoms with Gasteiger partial charge in [0.15, 0.2) is 0 Å². The van der Waals surface area contributed by atoms with Crippen LogP contribution in [0.3, 0.4) is 0 Å². The second-order valence-electron chi connectivity index (χ2n) is 7.49. The van der Waals surface area contributed by atoms with Crippen LogP contribution in [0.1, 0.15) is 79.6 Å². The average Bonchev–Trinajstić information content (AvgIpc) is 2.39. The molecule has 2 atom stereocenters. The highest BCUT2D eigenvalue weighted by Gasteiger charge is 2.33. The van der Waals surface area contributed by atoms with Gasteiger partial charge in [0.25, 0.3) is 0 Å². The van der Waals surface area contributed by atoms with Crippen molar-refractivity contribution < 1.29 is 0 Å². The first-order chi connectivity index (χ1) is 9.45. The zero-order chi connectivity index (χ0) is 15.2. The predicted octanol–water partition coefficient (Wildman–Crippen LogP) is 4.44. The summed E-state index contributed by atoms with van der Waals surface area (Å²) < 4.78 is 0. The minimum atomic E-state index is 0.573. The van der Waals surface area contributed by atoms with Crippen molar-refractivity contribution in [3.63, 3.8) is 0 Å². The minimum absolute atomic E-state index is 0.573. The summed E-state index contributed by atoms with van der Waals surface area (Å²) in [7, 11) is 2.37. The second kappa shape index (κ2) is 8.38. The highest BCUT2D eigenvalue weighted by atomic mass is 15.2. The average molecular weight is 283 g/mol. The monoisotopic (exact) mass is 282 g/mol. The van der Waals surface area contributed by atoms with Crippen LogP contribution in [-0.4, -0.2) is 36.6 Å². The van der Waals surface area contributed by atoms with Gasteiger partial charge in [-0.2, -0.15) is 0 Å². The molecule has 120 valence electrons. The Bertz CT molecular complexity index is 246. The molecule has 0 amide bonds. The maximum Gasteiger partial charge on any atom is 0.0246 e. The van der Waals surface area contributed by atoms with E-state index in [1.807, 2.05) is 0 Å². The van der Waals surface area contributed by atoms with Crippen LogP contribution < -0.4 is 5.32 Å². The van der Waals surface area contributed by atoms with Crippen molar-refractivity contribution >= 4 is 0 Å². The zero-order valence-corrected chi connectivity index (χ0v) is 14.8. The molecule has 2 nitrogen and oxygen atoms in total. The summed E-state index contributed by atoms with van der Waals surface area (Å²) in [6, 6.07) is 2.15. The van der Waals surface area contributed by atoms with Gasteiger partial charge in [-0.3, -0.25) is 4.90 Å². The Balaban J connectivity index is 2.63. The number of hydrogen-bond donors (Lipinski definition) is 1. The van der Waals surface area contributed by atoms with E-state index < -0.39 is 0 Å². The molecule has 0 aliphatic heterocycles. The molecule has 1 fully saturated rings. The molecular formula is C18H38N2. The van der Waals surface area contributed by atoms with Crippen molar-refractivity contribution in [1.82, 2.24) is 10.2 Å². The summed E-state index contributed by atoms with van der Waals surface area (Å²) in [5.41, 5.74) is 0.573. The van der Waals surface area contributed by atoms with Crippen LogP contribution in [0.4, 0.5) is 0 Å². The Morgan fingerprint density at radius 3 is 2.20 bits per heavy atom. The zero-order valence-electron chi connectivity index (χ0n) is 14.8. The maximum absolute atomic E-state index is 3.73. The van der Waals surface area contributed by atoms with Crippen molar-refractivity contribution in [2.75, 3.05) is 13.6 Å². The molecule has 0 heterocycles. The molecule has 0 aromatic carbocycles. The van der Waals surface area contributed by atoms with Crippen LogP contribution in [0.25, 0.3) is 0 Å². The van der Waals surface area contributed by atoms with E-state index in [1.54, 1.807) is 0 Å². The fourth-order valence-corrected chi connectivity index (χ4v) is 3.92. The number of nitrogens with one attached hydrogen (secondary N) is 1. The SMILES string of the molecule is CCCC(NCC)C(CC)N(C)C1CCC(C)(C)CC1. The molecule has 2 heteroatoms. The molecule has 0 aromatic rings. The van der Waals surface area contributed by atoms with Crippen molar-refractivity contribution in [2.45, 2.75) is 97.7 Å². The van der Waals surface area contributed by atoms with E-state index in [2.05, 4.69) is 51.9 Å². The van der Waals surface area contributed by atoms with Crippen LogP contribution >= 0.6 is 0 Å². The fraction of sp³-hybridized carbons (Fsp3) is 1.00. The molecule has 1 aliphatic carbocycles. The normalized spacial score (nSPS) is 22.9. The standard InChI is InChI=1S/C18H38N2/c1-7-10-16(19-9-3)17(8-2)20(6)15-11-13-18(4,5)14-12-15/h15-17,19H,7-14H2,1-6H3. The van der Waals surface area contributed by atoms with E-state index in [1.165, 1.54) is 44.9 Å². The topological polar surface area (TPSA) is 15.3 Å². The fourth-order valence-electron chi connectivity index (χ4n) is 3.92. The maximum atomic E-state index is 3.73. The Morgan fingerprint density at radius 1 is 1.15 bits per heavy atom. The number of hydrogen-bond acceptors (Lipinski definition) is 2. The van der Waals surface area contributed by atoms with E-state index in [0.29, 0.717) is 17.5 Å². The molecule has 1 aliphatic rings. The van der Waals surface area contributed by atoms with Gasteiger partial charge in [-0.1, -0.05) is 41.0 Å². The molecule has 20 heavy (non-hydrogen) atoms. The van der Waals surface area contributed by atoms with Crippen molar-refractivity contribution in [2.24, 2.45) is 5.41 Å². The van der Waals surface area contributed by atoms with Gasteiger partial charge >= 0.3 is 0 Å². The molecule has 1 rings (SSSR count). The Morgan fingerprint density at radius 2 is 1.75 bits per heavy atom. The van der Waals surface area contributed by atoms with E-state index in [-0.39, 0.29) is 0 Å². The highest BCUT2D eigenvalue weighted by molar-refractivity contribution is 4.89. The first-order valence-electron chi connectivity index (χ1n) is 8.90. The van der Waals surface area contributed by atoms with E-state index >= 15 is 0 Å². The second-order valence-corrected chi connectivity index (χ2v) is 7.49. The lowest BCUT2D eigenvalue weighted by Crippen LogP contribution is -2.52. The minimum Gasteiger partial charge on any atom is -0.313 e. The molecule has 0 bridgehead atoms. The molecule has 1 N–H and O–H groups in total. The summed E-state index contributed by atoms with van der Waals surface area (Å²) in [5, 5.41) is 3.73. The Hall–Kier alpha value is -0.0800. The highest BCUT2D eigenvalue weighted by Crippen LogP contribution is 2.37. The van der Waals surface area contributed by atoms with E-state index in [4.69, 9.17) is 0 Å². The molecule has 0 aromatic heterocycles. The van der Waals surface area contributed by atoms with Crippen molar-refractivity contribution in [3.8, 4) is 0 Å².